The van der Waals surface area contributed by atoms with E-state index in [9.17, 15) is 0 Å². The Morgan fingerprint density at radius 3 is 2.68 bits per heavy atom. The van der Waals surface area contributed by atoms with E-state index in [4.69, 9.17) is 4.74 Å². The van der Waals surface area contributed by atoms with Crippen molar-refractivity contribution in [1.82, 2.24) is 10.6 Å². The molecule has 126 valence electrons. The molecule has 1 rings (SSSR count). The minimum atomic E-state index is 0. The number of nitrogens with zero attached hydrogens (tertiary/aromatic N) is 1. The second-order valence-corrected chi connectivity index (χ2v) is 5.53. The van der Waals surface area contributed by atoms with Crippen LogP contribution in [0.15, 0.2) is 29.3 Å². The first-order chi connectivity index (χ1) is 10.2. The van der Waals surface area contributed by atoms with E-state index >= 15 is 0 Å². The molecule has 0 fully saturated rings. The Balaban J connectivity index is 0.00000441. The van der Waals surface area contributed by atoms with Crippen LogP contribution in [-0.4, -0.2) is 26.2 Å². The van der Waals surface area contributed by atoms with E-state index in [0.29, 0.717) is 5.92 Å². The number of rotatable bonds is 8. The Hall–Kier alpha value is -0.980. The fourth-order valence-electron chi connectivity index (χ4n) is 1.85. The molecule has 0 unspecified atom stereocenters. The molecule has 1 aromatic rings. The number of ether oxygens (including phenoxy) is 1. The van der Waals surface area contributed by atoms with Gasteiger partial charge in [0.05, 0.1) is 6.61 Å². The van der Waals surface area contributed by atoms with Gasteiger partial charge < -0.3 is 15.4 Å². The predicted molar refractivity (Wildman–Crippen MR) is 105 cm³/mol. The third kappa shape index (κ3) is 9.12. The van der Waals surface area contributed by atoms with E-state index in [-0.39, 0.29) is 24.0 Å². The number of hydrogen-bond donors (Lipinski definition) is 2. The zero-order valence-corrected chi connectivity index (χ0v) is 16.5. The Labute approximate surface area is 152 Å². The summed E-state index contributed by atoms with van der Waals surface area (Å²) >= 11 is 0. The maximum absolute atomic E-state index is 5.65. The Kier molecular flexibility index (Phi) is 12.0. The standard InChI is InChI=1S/C17H29N3O.HI/c1-5-11-21-16-8-6-7-15(12-16)13-20-17(18-4)19-10-9-14(2)3;/h6-8,12,14H,5,9-11,13H2,1-4H3,(H2,18,19,20);1H. The van der Waals surface area contributed by atoms with Crippen molar-refractivity contribution >= 4 is 29.9 Å². The highest BCUT2D eigenvalue weighted by Gasteiger charge is 2.01. The van der Waals surface area contributed by atoms with Crippen LogP contribution in [0.3, 0.4) is 0 Å². The molecule has 2 N–H and O–H groups in total. The summed E-state index contributed by atoms with van der Waals surface area (Å²) in [5, 5.41) is 6.65. The van der Waals surface area contributed by atoms with Crippen molar-refractivity contribution in [3.05, 3.63) is 29.8 Å². The first-order valence-electron chi connectivity index (χ1n) is 7.82. The molecule has 0 saturated carbocycles. The van der Waals surface area contributed by atoms with Crippen LogP contribution < -0.4 is 15.4 Å². The molecule has 0 atom stereocenters. The molecule has 0 heterocycles. The van der Waals surface area contributed by atoms with Crippen LogP contribution in [0.5, 0.6) is 5.75 Å². The molecule has 5 heteroatoms. The van der Waals surface area contributed by atoms with Gasteiger partial charge in [0.2, 0.25) is 0 Å². The largest absolute Gasteiger partial charge is 0.494 e. The third-order valence-corrected chi connectivity index (χ3v) is 3.07. The number of guanidine groups is 1. The zero-order chi connectivity index (χ0) is 15.5. The number of benzene rings is 1. The van der Waals surface area contributed by atoms with Crippen LogP contribution in [0.4, 0.5) is 0 Å². The molecule has 0 aromatic heterocycles. The summed E-state index contributed by atoms with van der Waals surface area (Å²) < 4.78 is 5.65. The average Bonchev–Trinajstić information content (AvgIpc) is 2.48. The first-order valence-corrected chi connectivity index (χ1v) is 7.82. The van der Waals surface area contributed by atoms with Crippen LogP contribution in [0, 0.1) is 5.92 Å². The summed E-state index contributed by atoms with van der Waals surface area (Å²) in [4.78, 5) is 4.24. The van der Waals surface area contributed by atoms with Crippen molar-refractivity contribution in [2.45, 2.75) is 40.2 Å². The van der Waals surface area contributed by atoms with Crippen LogP contribution in [0.25, 0.3) is 0 Å². The number of nitrogens with one attached hydrogen (secondary N) is 2. The van der Waals surface area contributed by atoms with Gasteiger partial charge in [0.25, 0.3) is 0 Å². The summed E-state index contributed by atoms with van der Waals surface area (Å²) in [5.74, 6) is 2.47. The fraction of sp³-hybridized carbons (Fsp3) is 0.588. The Morgan fingerprint density at radius 1 is 1.27 bits per heavy atom. The lowest BCUT2D eigenvalue weighted by Gasteiger charge is -2.13. The van der Waals surface area contributed by atoms with Gasteiger partial charge in [-0.15, -0.1) is 24.0 Å². The Morgan fingerprint density at radius 2 is 2.05 bits per heavy atom. The third-order valence-electron chi connectivity index (χ3n) is 3.07. The van der Waals surface area contributed by atoms with Gasteiger partial charge in [-0.2, -0.15) is 0 Å². The summed E-state index contributed by atoms with van der Waals surface area (Å²) in [5.41, 5.74) is 1.19. The van der Waals surface area contributed by atoms with Crippen LogP contribution in [-0.2, 0) is 6.54 Å². The van der Waals surface area contributed by atoms with Crippen molar-refractivity contribution in [1.29, 1.82) is 0 Å². The number of halogens is 1. The summed E-state index contributed by atoms with van der Waals surface area (Å²) in [6.07, 6.45) is 2.16. The van der Waals surface area contributed by atoms with Gasteiger partial charge in [0, 0.05) is 20.1 Å². The number of aliphatic imine (C=N–C) groups is 1. The molecule has 0 aliphatic rings. The highest BCUT2D eigenvalue weighted by molar-refractivity contribution is 14.0. The highest BCUT2D eigenvalue weighted by atomic mass is 127. The maximum Gasteiger partial charge on any atom is 0.191 e. The molecule has 0 amide bonds. The summed E-state index contributed by atoms with van der Waals surface area (Å²) in [6, 6.07) is 8.18. The van der Waals surface area contributed by atoms with E-state index in [1.807, 2.05) is 12.1 Å². The molecule has 0 bridgehead atoms. The van der Waals surface area contributed by atoms with E-state index < -0.39 is 0 Å². The fourth-order valence-corrected chi connectivity index (χ4v) is 1.85. The Bertz CT molecular complexity index is 436. The summed E-state index contributed by atoms with van der Waals surface area (Å²) in [6.45, 7) is 8.99. The topological polar surface area (TPSA) is 45.6 Å². The van der Waals surface area contributed by atoms with Crippen molar-refractivity contribution < 1.29 is 4.74 Å². The maximum atomic E-state index is 5.65. The molecular formula is C17H30IN3O. The molecule has 1 aromatic carbocycles. The molecule has 4 nitrogen and oxygen atoms in total. The van der Waals surface area contributed by atoms with E-state index in [0.717, 1.165) is 44.2 Å². The first kappa shape index (κ1) is 21.0. The minimum absolute atomic E-state index is 0. The molecule has 0 aliphatic carbocycles. The quantitative estimate of drug-likeness (QED) is 0.383. The van der Waals surface area contributed by atoms with Gasteiger partial charge in [-0.25, -0.2) is 0 Å². The normalized spacial score (nSPS) is 11.0. The second kappa shape index (κ2) is 12.6. The lowest BCUT2D eigenvalue weighted by atomic mass is 10.1. The lowest BCUT2D eigenvalue weighted by Crippen LogP contribution is -2.37. The van der Waals surface area contributed by atoms with Gasteiger partial charge in [-0.1, -0.05) is 32.9 Å². The van der Waals surface area contributed by atoms with Gasteiger partial charge in [-0.05, 0) is 36.5 Å². The van der Waals surface area contributed by atoms with Crippen LogP contribution in [0.2, 0.25) is 0 Å². The molecule has 0 spiro atoms. The van der Waals surface area contributed by atoms with Gasteiger partial charge in [0.15, 0.2) is 5.96 Å². The monoisotopic (exact) mass is 419 g/mol. The van der Waals surface area contributed by atoms with Gasteiger partial charge in [-0.3, -0.25) is 4.99 Å². The molecule has 22 heavy (non-hydrogen) atoms. The molecule has 0 radical (unpaired) electrons. The van der Waals surface area contributed by atoms with Crippen molar-refractivity contribution in [3.63, 3.8) is 0 Å². The number of hydrogen-bond acceptors (Lipinski definition) is 2. The molecular weight excluding hydrogens is 389 g/mol. The van der Waals surface area contributed by atoms with Gasteiger partial charge >= 0.3 is 0 Å². The van der Waals surface area contributed by atoms with Crippen molar-refractivity contribution in [2.75, 3.05) is 20.2 Å². The molecule has 0 saturated heterocycles. The van der Waals surface area contributed by atoms with Crippen molar-refractivity contribution in [2.24, 2.45) is 10.9 Å². The highest BCUT2D eigenvalue weighted by Crippen LogP contribution is 2.13. The van der Waals surface area contributed by atoms with Gasteiger partial charge in [0.1, 0.15) is 5.75 Å². The van der Waals surface area contributed by atoms with Crippen molar-refractivity contribution in [3.8, 4) is 5.75 Å². The lowest BCUT2D eigenvalue weighted by molar-refractivity contribution is 0.317. The zero-order valence-electron chi connectivity index (χ0n) is 14.2. The van der Waals surface area contributed by atoms with E-state index in [2.05, 4.69) is 48.5 Å². The molecule has 0 aliphatic heterocycles. The minimum Gasteiger partial charge on any atom is -0.494 e. The second-order valence-electron chi connectivity index (χ2n) is 5.53. The van der Waals surface area contributed by atoms with E-state index in [1.54, 1.807) is 7.05 Å². The van der Waals surface area contributed by atoms with Crippen LogP contribution >= 0.6 is 24.0 Å². The van der Waals surface area contributed by atoms with E-state index in [1.165, 1.54) is 5.56 Å². The summed E-state index contributed by atoms with van der Waals surface area (Å²) in [7, 11) is 1.80. The predicted octanol–water partition coefficient (Wildman–Crippen LogP) is 3.80. The smallest absolute Gasteiger partial charge is 0.191 e. The van der Waals surface area contributed by atoms with Crippen LogP contribution in [0.1, 0.15) is 39.2 Å². The SMILES string of the molecule is CCCOc1cccc(CNC(=NC)NCCC(C)C)c1.I. The average molecular weight is 419 g/mol.